The van der Waals surface area contributed by atoms with E-state index in [1.54, 1.807) is 0 Å². The van der Waals surface area contributed by atoms with Crippen molar-refractivity contribution in [1.29, 1.82) is 0 Å². The SMILES string of the molecule is CN1CC(Oc2ccc(C3(N)CC3)cc2)C1. The first-order valence-electron chi connectivity index (χ1n) is 5.90. The average Bonchev–Trinajstić information content (AvgIpc) is 2.97. The van der Waals surface area contributed by atoms with Gasteiger partial charge in [0.25, 0.3) is 0 Å². The Morgan fingerprint density at radius 1 is 1.25 bits per heavy atom. The molecule has 1 saturated heterocycles. The van der Waals surface area contributed by atoms with Crippen LogP contribution in [0.3, 0.4) is 0 Å². The quantitative estimate of drug-likeness (QED) is 0.831. The number of likely N-dealkylation sites (tertiary alicyclic amines) is 1. The molecule has 3 rings (SSSR count). The molecule has 16 heavy (non-hydrogen) atoms. The highest BCUT2D eigenvalue weighted by molar-refractivity contribution is 5.35. The summed E-state index contributed by atoms with van der Waals surface area (Å²) >= 11 is 0. The van der Waals surface area contributed by atoms with Crippen LogP contribution in [0.4, 0.5) is 0 Å². The summed E-state index contributed by atoms with van der Waals surface area (Å²) < 4.78 is 5.83. The van der Waals surface area contributed by atoms with Crippen molar-refractivity contribution in [2.75, 3.05) is 20.1 Å². The number of ether oxygens (including phenoxy) is 1. The summed E-state index contributed by atoms with van der Waals surface area (Å²) in [7, 11) is 2.11. The minimum Gasteiger partial charge on any atom is -0.488 e. The maximum atomic E-state index is 6.13. The average molecular weight is 218 g/mol. The van der Waals surface area contributed by atoms with Gasteiger partial charge in [-0.05, 0) is 37.6 Å². The van der Waals surface area contributed by atoms with Crippen molar-refractivity contribution in [3.8, 4) is 5.75 Å². The fraction of sp³-hybridized carbons (Fsp3) is 0.538. The van der Waals surface area contributed by atoms with E-state index in [2.05, 4.69) is 24.1 Å². The lowest BCUT2D eigenvalue weighted by Crippen LogP contribution is -2.51. The molecular weight excluding hydrogens is 200 g/mol. The van der Waals surface area contributed by atoms with Crippen LogP contribution in [-0.2, 0) is 5.54 Å². The van der Waals surface area contributed by atoms with Crippen molar-refractivity contribution in [1.82, 2.24) is 4.90 Å². The second-order valence-electron chi connectivity index (χ2n) is 5.14. The molecule has 0 bridgehead atoms. The molecule has 0 spiro atoms. The fourth-order valence-corrected chi connectivity index (χ4v) is 2.20. The van der Waals surface area contributed by atoms with E-state index in [4.69, 9.17) is 10.5 Å². The van der Waals surface area contributed by atoms with Gasteiger partial charge in [-0.25, -0.2) is 0 Å². The van der Waals surface area contributed by atoms with Gasteiger partial charge in [-0.15, -0.1) is 0 Å². The Balaban J connectivity index is 1.64. The lowest BCUT2D eigenvalue weighted by molar-refractivity contribution is 0.0388. The van der Waals surface area contributed by atoms with E-state index in [1.807, 2.05) is 12.1 Å². The van der Waals surface area contributed by atoms with Crippen LogP contribution in [0.1, 0.15) is 18.4 Å². The molecule has 1 aliphatic heterocycles. The first kappa shape index (κ1) is 10.1. The van der Waals surface area contributed by atoms with E-state index in [9.17, 15) is 0 Å². The molecule has 1 aliphatic carbocycles. The second kappa shape index (κ2) is 3.47. The predicted molar refractivity (Wildman–Crippen MR) is 63.5 cm³/mol. The Labute approximate surface area is 96.2 Å². The van der Waals surface area contributed by atoms with E-state index >= 15 is 0 Å². The van der Waals surface area contributed by atoms with Crippen LogP contribution < -0.4 is 10.5 Å². The predicted octanol–water partition coefficient (Wildman–Crippen LogP) is 1.33. The lowest BCUT2D eigenvalue weighted by atomic mass is 10.1. The van der Waals surface area contributed by atoms with Crippen LogP contribution in [0.2, 0.25) is 0 Å². The van der Waals surface area contributed by atoms with E-state index < -0.39 is 0 Å². The summed E-state index contributed by atoms with van der Waals surface area (Å²) in [4.78, 5) is 2.25. The molecule has 2 aliphatic rings. The number of likely N-dealkylation sites (N-methyl/N-ethyl adjacent to an activating group) is 1. The second-order valence-corrected chi connectivity index (χ2v) is 5.14. The van der Waals surface area contributed by atoms with Gasteiger partial charge in [-0.2, -0.15) is 0 Å². The fourth-order valence-electron chi connectivity index (χ4n) is 2.20. The molecule has 2 fully saturated rings. The zero-order valence-corrected chi connectivity index (χ0v) is 9.65. The molecule has 0 atom stereocenters. The number of hydrogen-bond donors (Lipinski definition) is 1. The van der Waals surface area contributed by atoms with Gasteiger partial charge in [-0.1, -0.05) is 12.1 Å². The zero-order valence-electron chi connectivity index (χ0n) is 9.65. The van der Waals surface area contributed by atoms with E-state index in [1.165, 1.54) is 5.56 Å². The molecule has 86 valence electrons. The standard InChI is InChI=1S/C13H18N2O/c1-15-8-12(9-15)16-11-4-2-10(3-5-11)13(14)6-7-13/h2-5,12H,6-9,14H2,1H3. The topological polar surface area (TPSA) is 38.5 Å². The van der Waals surface area contributed by atoms with Crippen molar-refractivity contribution in [3.63, 3.8) is 0 Å². The maximum Gasteiger partial charge on any atom is 0.124 e. The van der Waals surface area contributed by atoms with Crippen LogP contribution in [0.25, 0.3) is 0 Å². The van der Waals surface area contributed by atoms with Gasteiger partial charge in [-0.3, -0.25) is 4.90 Å². The smallest absolute Gasteiger partial charge is 0.124 e. The van der Waals surface area contributed by atoms with Gasteiger partial charge in [0, 0.05) is 18.6 Å². The molecule has 1 aromatic carbocycles. The number of benzene rings is 1. The summed E-state index contributed by atoms with van der Waals surface area (Å²) in [5, 5.41) is 0. The Morgan fingerprint density at radius 3 is 2.38 bits per heavy atom. The van der Waals surface area contributed by atoms with Crippen molar-refractivity contribution in [3.05, 3.63) is 29.8 Å². The minimum absolute atomic E-state index is 0.0325. The van der Waals surface area contributed by atoms with E-state index in [-0.39, 0.29) is 5.54 Å². The molecule has 2 N–H and O–H groups in total. The molecule has 0 radical (unpaired) electrons. The first-order chi connectivity index (χ1) is 7.66. The minimum atomic E-state index is -0.0325. The molecule has 3 nitrogen and oxygen atoms in total. The maximum absolute atomic E-state index is 6.13. The third kappa shape index (κ3) is 1.81. The Morgan fingerprint density at radius 2 is 1.88 bits per heavy atom. The number of hydrogen-bond acceptors (Lipinski definition) is 3. The highest BCUT2D eigenvalue weighted by Crippen LogP contribution is 2.42. The van der Waals surface area contributed by atoms with Crippen LogP contribution in [0, 0.1) is 0 Å². The first-order valence-corrected chi connectivity index (χ1v) is 5.90. The Kier molecular flexibility index (Phi) is 2.19. The largest absolute Gasteiger partial charge is 0.488 e. The van der Waals surface area contributed by atoms with Gasteiger partial charge < -0.3 is 10.5 Å². The molecule has 0 unspecified atom stereocenters. The molecular formula is C13H18N2O. The van der Waals surface area contributed by atoms with E-state index in [0.29, 0.717) is 6.10 Å². The van der Waals surface area contributed by atoms with Crippen molar-refractivity contribution in [2.24, 2.45) is 5.73 Å². The van der Waals surface area contributed by atoms with E-state index in [0.717, 1.165) is 31.7 Å². The normalized spacial score (nSPS) is 23.9. The lowest BCUT2D eigenvalue weighted by Gasteiger charge is -2.36. The summed E-state index contributed by atoms with van der Waals surface area (Å²) in [5.74, 6) is 0.964. The highest BCUT2D eigenvalue weighted by atomic mass is 16.5. The summed E-state index contributed by atoms with van der Waals surface area (Å²) in [5.41, 5.74) is 7.34. The monoisotopic (exact) mass is 218 g/mol. The molecule has 0 amide bonds. The third-order valence-corrected chi connectivity index (χ3v) is 3.55. The molecule has 1 saturated carbocycles. The number of nitrogens with zero attached hydrogens (tertiary/aromatic N) is 1. The summed E-state index contributed by atoms with van der Waals surface area (Å²) in [6, 6.07) is 8.29. The van der Waals surface area contributed by atoms with Gasteiger partial charge in [0.1, 0.15) is 11.9 Å². The molecule has 0 aromatic heterocycles. The van der Waals surface area contributed by atoms with Gasteiger partial charge in [0.05, 0.1) is 0 Å². The van der Waals surface area contributed by atoms with Crippen LogP contribution >= 0.6 is 0 Å². The van der Waals surface area contributed by atoms with Crippen molar-refractivity contribution < 1.29 is 4.74 Å². The highest BCUT2D eigenvalue weighted by Gasteiger charge is 2.39. The van der Waals surface area contributed by atoms with Gasteiger partial charge in [0.15, 0.2) is 0 Å². The van der Waals surface area contributed by atoms with Crippen LogP contribution in [0.15, 0.2) is 24.3 Å². The molecule has 1 heterocycles. The molecule has 3 heteroatoms. The third-order valence-electron chi connectivity index (χ3n) is 3.55. The van der Waals surface area contributed by atoms with Crippen LogP contribution in [0.5, 0.6) is 5.75 Å². The van der Waals surface area contributed by atoms with Crippen molar-refractivity contribution in [2.45, 2.75) is 24.5 Å². The summed E-state index contributed by atoms with van der Waals surface area (Å²) in [6.07, 6.45) is 2.59. The van der Waals surface area contributed by atoms with Crippen LogP contribution in [-0.4, -0.2) is 31.1 Å². The Bertz CT molecular complexity index is 377. The number of nitrogens with two attached hydrogens (primary N) is 1. The zero-order chi connectivity index (χ0) is 11.2. The summed E-state index contributed by atoms with van der Waals surface area (Å²) in [6.45, 7) is 2.06. The van der Waals surface area contributed by atoms with Gasteiger partial charge in [0.2, 0.25) is 0 Å². The number of rotatable bonds is 3. The van der Waals surface area contributed by atoms with Gasteiger partial charge >= 0.3 is 0 Å². The Hall–Kier alpha value is -1.06. The van der Waals surface area contributed by atoms with Crippen molar-refractivity contribution >= 4 is 0 Å². The molecule has 1 aromatic rings.